The zero-order valence-electron chi connectivity index (χ0n) is 19.5. The van der Waals surface area contributed by atoms with Gasteiger partial charge in [0.25, 0.3) is 5.91 Å². The SMILES string of the molecule is CC1C(=O)C(C(N)=O)=C(O)[C@@]2(O)C(=O)C3=C(O)c4c(O)c(CNC=O)cc(N(C)C)c4CC3C[C@@H]12. The highest BCUT2D eigenvalue weighted by Gasteiger charge is 2.62. The fourth-order valence-electron chi connectivity index (χ4n) is 5.73. The molecule has 11 heteroatoms. The van der Waals surface area contributed by atoms with E-state index < -0.39 is 57.9 Å². The Hall–Kier alpha value is -3.86. The molecular weight excluding hydrogens is 458 g/mol. The van der Waals surface area contributed by atoms with Crippen LogP contribution in [0.3, 0.4) is 0 Å². The maximum Gasteiger partial charge on any atom is 0.255 e. The molecule has 35 heavy (non-hydrogen) atoms. The zero-order valence-corrected chi connectivity index (χ0v) is 19.5. The summed E-state index contributed by atoms with van der Waals surface area (Å²) in [6.07, 6.45) is 0.704. The number of nitrogens with zero attached hydrogens (tertiary/aromatic N) is 1. The molecule has 7 N–H and O–H groups in total. The van der Waals surface area contributed by atoms with Crippen LogP contribution < -0.4 is 16.0 Å². The van der Waals surface area contributed by atoms with E-state index in [0.717, 1.165) is 0 Å². The molecule has 186 valence electrons. The highest BCUT2D eigenvalue weighted by Crippen LogP contribution is 2.54. The molecule has 0 heterocycles. The van der Waals surface area contributed by atoms with Crippen molar-refractivity contribution in [1.82, 2.24) is 5.32 Å². The van der Waals surface area contributed by atoms with Gasteiger partial charge in [0.05, 0.1) is 5.56 Å². The van der Waals surface area contributed by atoms with E-state index in [1.165, 1.54) is 6.92 Å². The summed E-state index contributed by atoms with van der Waals surface area (Å²) < 4.78 is 0. The Labute approximate surface area is 200 Å². The second-order valence-electron chi connectivity index (χ2n) is 9.49. The number of nitrogens with two attached hydrogens (primary N) is 1. The summed E-state index contributed by atoms with van der Waals surface area (Å²) in [5.41, 5.74) is 3.05. The molecule has 0 aliphatic heterocycles. The molecule has 1 saturated carbocycles. The maximum absolute atomic E-state index is 13.7. The Balaban J connectivity index is 1.97. The number of phenols is 1. The molecule has 0 saturated heterocycles. The Morgan fingerprint density at radius 1 is 1.29 bits per heavy atom. The van der Waals surface area contributed by atoms with Crippen LogP contribution in [0.5, 0.6) is 5.75 Å². The summed E-state index contributed by atoms with van der Waals surface area (Å²) in [4.78, 5) is 50.8. The predicted octanol–water partition coefficient (Wildman–Crippen LogP) is -0.0181. The number of hydrogen-bond acceptors (Lipinski definition) is 9. The molecule has 1 fully saturated rings. The number of aliphatic hydroxyl groups is 3. The zero-order chi connectivity index (χ0) is 26.0. The minimum absolute atomic E-state index is 0.0147. The number of hydrogen-bond donors (Lipinski definition) is 6. The van der Waals surface area contributed by atoms with Crippen LogP contribution in [0.4, 0.5) is 5.69 Å². The number of carbonyl (C=O) groups excluding carboxylic acids is 4. The van der Waals surface area contributed by atoms with Gasteiger partial charge in [-0.05, 0) is 30.4 Å². The lowest BCUT2D eigenvalue weighted by molar-refractivity contribution is -0.152. The van der Waals surface area contributed by atoms with E-state index in [1.807, 2.05) is 0 Å². The third-order valence-electron chi connectivity index (χ3n) is 7.44. The first-order valence-electron chi connectivity index (χ1n) is 11.1. The molecule has 0 bridgehead atoms. The van der Waals surface area contributed by atoms with Gasteiger partial charge in [0.1, 0.15) is 22.8 Å². The van der Waals surface area contributed by atoms with Crippen molar-refractivity contribution in [3.63, 3.8) is 0 Å². The Morgan fingerprint density at radius 2 is 1.94 bits per heavy atom. The minimum Gasteiger partial charge on any atom is -0.508 e. The van der Waals surface area contributed by atoms with Gasteiger partial charge in [-0.3, -0.25) is 19.2 Å². The molecule has 11 nitrogen and oxygen atoms in total. The smallest absolute Gasteiger partial charge is 0.255 e. The number of carbonyl (C=O) groups is 4. The first kappa shape index (κ1) is 24.3. The number of primary amides is 1. The number of Topliss-reactive ketones (excluding diaryl/α,β-unsaturated/α-hetero) is 2. The number of aromatic hydroxyl groups is 1. The molecule has 4 rings (SSSR count). The lowest BCUT2D eigenvalue weighted by Crippen LogP contribution is -2.61. The molecule has 3 aliphatic carbocycles. The summed E-state index contributed by atoms with van der Waals surface area (Å²) in [7, 11) is 3.53. The highest BCUT2D eigenvalue weighted by atomic mass is 16.3. The second-order valence-corrected chi connectivity index (χ2v) is 9.49. The number of aliphatic hydroxyl groups excluding tert-OH is 2. The highest BCUT2D eigenvalue weighted by molar-refractivity contribution is 6.23. The number of amides is 2. The van der Waals surface area contributed by atoms with Crippen molar-refractivity contribution in [1.29, 1.82) is 0 Å². The summed E-state index contributed by atoms with van der Waals surface area (Å²) in [5.74, 6) is -7.79. The number of phenolic OH excluding ortho intramolecular Hbond substituents is 1. The summed E-state index contributed by atoms with van der Waals surface area (Å²) in [6, 6.07) is 1.67. The van der Waals surface area contributed by atoms with E-state index in [2.05, 4.69) is 5.32 Å². The van der Waals surface area contributed by atoms with Crippen LogP contribution in [0.1, 0.15) is 30.0 Å². The lowest BCUT2D eigenvalue weighted by Gasteiger charge is -2.48. The van der Waals surface area contributed by atoms with Gasteiger partial charge in [0, 0.05) is 49.3 Å². The van der Waals surface area contributed by atoms with Gasteiger partial charge in [-0.15, -0.1) is 0 Å². The quantitative estimate of drug-likeness (QED) is 0.246. The van der Waals surface area contributed by atoms with Crippen molar-refractivity contribution in [2.24, 2.45) is 23.5 Å². The summed E-state index contributed by atoms with van der Waals surface area (Å²) >= 11 is 0. The van der Waals surface area contributed by atoms with Crippen molar-refractivity contribution >= 4 is 35.3 Å². The number of benzene rings is 1. The molecule has 1 aromatic rings. The monoisotopic (exact) mass is 485 g/mol. The second kappa shape index (κ2) is 8.12. The minimum atomic E-state index is -2.63. The Kier molecular flexibility index (Phi) is 5.63. The van der Waals surface area contributed by atoms with Crippen LogP contribution in [-0.2, 0) is 32.1 Å². The van der Waals surface area contributed by atoms with Crippen LogP contribution in [0, 0.1) is 17.8 Å². The van der Waals surface area contributed by atoms with Gasteiger partial charge in [-0.1, -0.05) is 6.92 Å². The predicted molar refractivity (Wildman–Crippen MR) is 123 cm³/mol. The average molecular weight is 485 g/mol. The van der Waals surface area contributed by atoms with Crippen molar-refractivity contribution in [2.75, 3.05) is 19.0 Å². The number of fused-ring (bicyclic) bond motifs is 3. The first-order chi connectivity index (χ1) is 16.4. The van der Waals surface area contributed by atoms with E-state index in [9.17, 15) is 39.6 Å². The fraction of sp³-hybridized carbons (Fsp3) is 0.417. The largest absolute Gasteiger partial charge is 0.508 e. The Morgan fingerprint density at radius 3 is 2.51 bits per heavy atom. The van der Waals surface area contributed by atoms with E-state index in [0.29, 0.717) is 23.2 Å². The van der Waals surface area contributed by atoms with Gasteiger partial charge in [0.2, 0.25) is 12.2 Å². The van der Waals surface area contributed by atoms with Gasteiger partial charge in [-0.2, -0.15) is 0 Å². The van der Waals surface area contributed by atoms with E-state index in [1.54, 1.807) is 25.1 Å². The molecular formula is C24H27N3O8. The van der Waals surface area contributed by atoms with Gasteiger partial charge < -0.3 is 36.4 Å². The third-order valence-corrected chi connectivity index (χ3v) is 7.44. The van der Waals surface area contributed by atoms with Crippen LogP contribution in [0.25, 0.3) is 5.76 Å². The number of ketones is 2. The molecule has 0 radical (unpaired) electrons. The summed E-state index contributed by atoms with van der Waals surface area (Å²) in [6.45, 7) is 1.41. The Bertz CT molecular complexity index is 1250. The van der Waals surface area contributed by atoms with Crippen molar-refractivity contribution < 1.29 is 39.6 Å². The molecule has 4 atom stereocenters. The third kappa shape index (κ3) is 3.22. The molecule has 1 aromatic carbocycles. The van der Waals surface area contributed by atoms with Crippen LogP contribution >= 0.6 is 0 Å². The topological polar surface area (TPSA) is 190 Å². The van der Waals surface area contributed by atoms with Crippen molar-refractivity contribution in [2.45, 2.75) is 31.9 Å². The molecule has 0 aromatic heterocycles. The average Bonchev–Trinajstić information content (AvgIpc) is 2.78. The van der Waals surface area contributed by atoms with E-state index in [-0.39, 0.29) is 36.3 Å². The number of anilines is 1. The maximum atomic E-state index is 13.7. The van der Waals surface area contributed by atoms with E-state index in [4.69, 9.17) is 5.73 Å². The van der Waals surface area contributed by atoms with Crippen molar-refractivity contribution in [3.05, 3.63) is 39.7 Å². The number of nitrogens with one attached hydrogen (secondary N) is 1. The normalized spacial score (nSPS) is 27.7. The number of rotatable bonds is 5. The van der Waals surface area contributed by atoms with E-state index >= 15 is 0 Å². The van der Waals surface area contributed by atoms with Gasteiger partial charge in [0.15, 0.2) is 11.4 Å². The molecule has 2 amide bonds. The van der Waals surface area contributed by atoms with Crippen LogP contribution in [0.2, 0.25) is 0 Å². The fourth-order valence-corrected chi connectivity index (χ4v) is 5.73. The van der Waals surface area contributed by atoms with Crippen LogP contribution in [-0.4, -0.2) is 64.0 Å². The summed E-state index contributed by atoms with van der Waals surface area (Å²) in [5, 5.41) is 46.8. The standard InChI is InChI=1S/C24H27N3O8/c1-9-13-5-10-4-12-14(27(2)3)6-11(7-26-8-28)19(30)16(12)20(31)15(10)21(32)24(13,35)22(33)17(18(9)29)23(25)34/h6,8-10,13,30-31,33,35H,4-5,7H2,1-3H3,(H2,25,34)(H,26,28)/t9?,10?,13-,24-/m0/s1. The molecule has 3 aliphatic rings. The molecule has 0 spiro atoms. The first-order valence-corrected chi connectivity index (χ1v) is 11.1. The van der Waals surface area contributed by atoms with Gasteiger partial charge in [-0.25, -0.2) is 0 Å². The lowest BCUT2D eigenvalue weighted by atomic mass is 9.56. The molecule has 2 unspecified atom stereocenters. The van der Waals surface area contributed by atoms with Crippen LogP contribution in [0.15, 0.2) is 23.0 Å². The van der Waals surface area contributed by atoms with Gasteiger partial charge >= 0.3 is 0 Å². The van der Waals surface area contributed by atoms with Crippen molar-refractivity contribution in [3.8, 4) is 5.75 Å².